The Morgan fingerprint density at radius 1 is 0.411 bits per heavy atom. The highest BCUT2D eigenvalue weighted by molar-refractivity contribution is 6.13. The molecule has 3 heterocycles. The van der Waals surface area contributed by atoms with Crippen LogP contribution in [0.15, 0.2) is 198 Å². The minimum absolute atomic E-state index is 0.0422. The quantitative estimate of drug-likeness (QED) is 0.171. The molecular weight excluding hydrogens is 685 g/mol. The summed E-state index contributed by atoms with van der Waals surface area (Å²) in [7, 11) is 0. The molecule has 0 aliphatic rings. The highest BCUT2D eigenvalue weighted by Gasteiger charge is 2.21. The van der Waals surface area contributed by atoms with Gasteiger partial charge in [0.05, 0.1) is 37.3 Å². The first-order chi connectivity index (χ1) is 34.0. The average Bonchev–Trinajstić information content (AvgIpc) is 3.97. The van der Waals surface area contributed by atoms with Gasteiger partial charge in [-0.05, 0) is 58.6 Å². The molecule has 5 heteroatoms. The molecule has 0 N–H and O–H groups in total. The van der Waals surface area contributed by atoms with Gasteiger partial charge in [-0.2, -0.15) is 0 Å². The Labute approximate surface area is 343 Å². The number of para-hydroxylation sites is 3. The van der Waals surface area contributed by atoms with Crippen LogP contribution in [0.2, 0.25) is 0 Å². The molecule has 0 radical (unpaired) electrons. The molecular formula is C51H32N4O. The van der Waals surface area contributed by atoms with Crippen molar-refractivity contribution in [2.45, 2.75) is 0 Å². The zero-order valence-corrected chi connectivity index (χ0v) is 29.0. The van der Waals surface area contributed by atoms with Crippen LogP contribution in [0.4, 0.5) is 0 Å². The van der Waals surface area contributed by atoms with Crippen LogP contribution in [-0.2, 0) is 0 Å². The second-order valence-electron chi connectivity index (χ2n) is 12.9. The lowest BCUT2D eigenvalue weighted by Crippen LogP contribution is -2.04. The van der Waals surface area contributed by atoms with Gasteiger partial charge in [0.1, 0.15) is 11.2 Å². The molecule has 0 spiro atoms. The number of furan rings is 1. The van der Waals surface area contributed by atoms with Crippen molar-refractivity contribution in [3.8, 4) is 62.1 Å². The summed E-state index contributed by atoms with van der Waals surface area (Å²) in [5.41, 5.74) is 2.33. The fourth-order valence-corrected chi connectivity index (χ4v) is 7.09. The standard InChI is InChI=1S/C51H32N4O/c1-3-14-33(15-4-1)34-26-28-36(29-27-34)50-52-49(35-16-5-2-6-17-35)53-51(54-50)42-32-37(38-21-13-25-47-48(38)41-20-9-12-24-46(41)56-47)30-31-45(42)55-43-22-10-7-18-39(43)40-19-8-11-23-44(40)55/h1-32H/i7D,8D,9D,10D,11D,12D,13D,18D,19D,20D,21D,22D,23D,24D,25D. The molecule has 8 aromatic carbocycles. The first-order valence-corrected chi connectivity index (χ1v) is 17.6. The van der Waals surface area contributed by atoms with Crippen LogP contribution in [0.1, 0.15) is 20.6 Å². The average molecular weight is 732 g/mol. The van der Waals surface area contributed by atoms with Crippen LogP contribution in [0, 0.1) is 0 Å². The van der Waals surface area contributed by atoms with E-state index < -0.39 is 90.6 Å². The molecule has 0 aliphatic carbocycles. The van der Waals surface area contributed by atoms with Gasteiger partial charge >= 0.3 is 0 Å². The van der Waals surface area contributed by atoms with E-state index in [1.165, 1.54) is 22.8 Å². The summed E-state index contributed by atoms with van der Waals surface area (Å²) in [5, 5.41) is -0.522. The molecule has 262 valence electrons. The van der Waals surface area contributed by atoms with Gasteiger partial charge in [0.15, 0.2) is 17.5 Å². The minimum atomic E-state index is -0.635. The van der Waals surface area contributed by atoms with E-state index >= 15 is 0 Å². The van der Waals surface area contributed by atoms with Gasteiger partial charge in [-0.15, -0.1) is 0 Å². The number of hydrogen-bond donors (Lipinski definition) is 0. The third-order valence-electron chi connectivity index (χ3n) is 9.67. The summed E-state index contributed by atoms with van der Waals surface area (Å²) in [4.78, 5) is 15.0. The van der Waals surface area contributed by atoms with Gasteiger partial charge in [-0.3, -0.25) is 0 Å². The number of rotatable bonds is 6. The van der Waals surface area contributed by atoms with Gasteiger partial charge in [0.25, 0.3) is 0 Å². The minimum Gasteiger partial charge on any atom is -0.456 e. The summed E-state index contributed by atoms with van der Waals surface area (Å²) < 4.78 is 141. The molecule has 0 atom stereocenters. The SMILES string of the molecule is [2H]c1c([2H])c([2H])c2c(oc3c([2H])c([2H])c([2H])c(-c4ccc(-n5c6c([2H])c([2H])c([2H])c([2H])c6c6c([2H])c([2H])c([2H])c([2H])c65)c(-c5nc(-c6ccccc6)nc(-c6ccc(-c7ccccc7)cc6)n5)c4)c32)c1[2H]. The van der Waals surface area contributed by atoms with Crippen molar-refractivity contribution in [1.82, 2.24) is 19.5 Å². The Hall–Kier alpha value is -7.63. The normalized spacial score (nSPS) is 15.3. The van der Waals surface area contributed by atoms with E-state index in [-0.39, 0.29) is 83.6 Å². The first kappa shape index (κ1) is 20.2. The van der Waals surface area contributed by atoms with E-state index in [1.54, 1.807) is 24.3 Å². The zero-order valence-electron chi connectivity index (χ0n) is 44.0. The fraction of sp³-hybridized carbons (Fsp3) is 0. The van der Waals surface area contributed by atoms with E-state index in [1.807, 2.05) is 60.7 Å². The van der Waals surface area contributed by atoms with Crippen molar-refractivity contribution in [1.29, 1.82) is 0 Å². The molecule has 0 fully saturated rings. The van der Waals surface area contributed by atoms with Crippen LogP contribution in [0.3, 0.4) is 0 Å². The lowest BCUT2D eigenvalue weighted by atomic mass is 9.96. The van der Waals surface area contributed by atoms with Gasteiger partial charge in [0.2, 0.25) is 0 Å². The van der Waals surface area contributed by atoms with Crippen molar-refractivity contribution in [2.24, 2.45) is 0 Å². The number of hydrogen-bond acceptors (Lipinski definition) is 4. The largest absolute Gasteiger partial charge is 0.456 e. The maximum absolute atomic E-state index is 9.38. The van der Waals surface area contributed by atoms with Crippen molar-refractivity contribution in [3.05, 3.63) is 194 Å². The molecule has 56 heavy (non-hydrogen) atoms. The van der Waals surface area contributed by atoms with Gasteiger partial charge in [0, 0.05) is 38.2 Å². The Morgan fingerprint density at radius 2 is 0.929 bits per heavy atom. The van der Waals surface area contributed by atoms with Crippen molar-refractivity contribution >= 4 is 43.7 Å². The number of benzene rings is 8. The van der Waals surface area contributed by atoms with Crippen LogP contribution >= 0.6 is 0 Å². The molecule has 11 rings (SSSR count). The molecule has 0 saturated heterocycles. The molecule has 0 aliphatic heterocycles. The molecule has 11 aromatic rings. The summed E-state index contributed by atoms with van der Waals surface area (Å²) in [5.74, 6) is 0.357. The van der Waals surface area contributed by atoms with E-state index in [4.69, 9.17) is 35.8 Å². The number of nitrogens with zero attached hydrogens (tertiary/aromatic N) is 4. The molecule has 0 saturated carbocycles. The van der Waals surface area contributed by atoms with E-state index in [0.29, 0.717) is 11.1 Å². The predicted molar refractivity (Wildman–Crippen MR) is 229 cm³/mol. The van der Waals surface area contributed by atoms with E-state index in [2.05, 4.69) is 0 Å². The lowest BCUT2D eigenvalue weighted by molar-refractivity contribution is 0.669. The predicted octanol–water partition coefficient (Wildman–Crippen LogP) is 13.2. The van der Waals surface area contributed by atoms with Crippen LogP contribution in [0.25, 0.3) is 106 Å². The third-order valence-corrected chi connectivity index (χ3v) is 9.67. The molecule has 3 aromatic heterocycles. The Kier molecular flexibility index (Phi) is 4.70. The van der Waals surface area contributed by atoms with Crippen molar-refractivity contribution < 1.29 is 25.0 Å². The Balaban J connectivity index is 1.31. The first-order valence-electron chi connectivity index (χ1n) is 25.1. The zero-order chi connectivity index (χ0) is 50.1. The van der Waals surface area contributed by atoms with Gasteiger partial charge in [-0.1, -0.05) is 157 Å². The van der Waals surface area contributed by atoms with Crippen LogP contribution in [0.5, 0.6) is 0 Å². The third kappa shape index (κ3) is 5.29. The van der Waals surface area contributed by atoms with Crippen LogP contribution in [-0.4, -0.2) is 19.5 Å². The maximum Gasteiger partial charge on any atom is 0.166 e. The lowest BCUT2D eigenvalue weighted by Gasteiger charge is -2.16. The van der Waals surface area contributed by atoms with Gasteiger partial charge in [-0.25, -0.2) is 15.0 Å². The van der Waals surface area contributed by atoms with E-state index in [9.17, 15) is 4.11 Å². The van der Waals surface area contributed by atoms with Crippen molar-refractivity contribution in [3.63, 3.8) is 0 Å². The number of fused-ring (bicyclic) bond motifs is 6. The molecule has 0 unspecified atom stereocenters. The topological polar surface area (TPSA) is 56.7 Å². The number of aromatic nitrogens is 4. The highest BCUT2D eigenvalue weighted by Crippen LogP contribution is 2.41. The summed E-state index contributed by atoms with van der Waals surface area (Å²) in [6.07, 6.45) is 0. The van der Waals surface area contributed by atoms with Crippen molar-refractivity contribution in [2.75, 3.05) is 0 Å². The second-order valence-corrected chi connectivity index (χ2v) is 12.9. The maximum atomic E-state index is 9.38. The highest BCUT2D eigenvalue weighted by atomic mass is 16.3. The monoisotopic (exact) mass is 731 g/mol. The summed E-state index contributed by atoms with van der Waals surface area (Å²) in [6.45, 7) is 0. The molecule has 0 bridgehead atoms. The van der Waals surface area contributed by atoms with E-state index in [0.717, 1.165) is 11.1 Å². The summed E-state index contributed by atoms with van der Waals surface area (Å²) in [6, 6.07) is 22.3. The molecule has 0 amide bonds. The molecule has 5 nitrogen and oxygen atoms in total. The summed E-state index contributed by atoms with van der Waals surface area (Å²) >= 11 is 0. The smallest absolute Gasteiger partial charge is 0.166 e. The fourth-order valence-electron chi connectivity index (χ4n) is 7.09. The Bertz CT molecular complexity index is 4030. The second kappa shape index (κ2) is 13.0. The van der Waals surface area contributed by atoms with Gasteiger partial charge < -0.3 is 8.98 Å². The van der Waals surface area contributed by atoms with Crippen LogP contribution < -0.4 is 0 Å². The Morgan fingerprint density at radius 3 is 1.62 bits per heavy atom.